The Hall–Kier alpha value is -2.59. The van der Waals surface area contributed by atoms with Gasteiger partial charge in [0.25, 0.3) is 0 Å². The van der Waals surface area contributed by atoms with Crippen LogP contribution in [0.15, 0.2) is 53.4 Å². The minimum atomic E-state index is -4.86. The Labute approximate surface area is 159 Å². The second-order valence-corrected chi connectivity index (χ2v) is 8.08. The third-order valence-electron chi connectivity index (χ3n) is 4.35. The highest BCUT2D eigenvalue weighted by molar-refractivity contribution is 7.89. The molecule has 0 amide bonds. The van der Waals surface area contributed by atoms with Gasteiger partial charge in [-0.1, -0.05) is 30.3 Å². The number of hydrogen-bond donors (Lipinski definition) is 2. The third kappa shape index (κ3) is 4.28. The smallest absolute Gasteiger partial charge is 0.426 e. The summed E-state index contributed by atoms with van der Waals surface area (Å²) in [5.74, 6) is -3.70. The number of rotatable bonds is 5. The zero-order valence-electron chi connectivity index (χ0n) is 14.3. The summed E-state index contributed by atoms with van der Waals surface area (Å²) in [5, 5.41) is 9.13. The number of carboxylic acids is 1. The Morgan fingerprint density at radius 3 is 2.46 bits per heavy atom. The summed E-state index contributed by atoms with van der Waals surface area (Å²) in [6.07, 6.45) is -7.84. The second-order valence-electron chi connectivity index (χ2n) is 6.31. The van der Waals surface area contributed by atoms with Gasteiger partial charge in [-0.2, -0.15) is 13.2 Å². The molecule has 2 atom stereocenters. The van der Waals surface area contributed by atoms with Gasteiger partial charge in [-0.25, -0.2) is 13.1 Å². The van der Waals surface area contributed by atoms with Gasteiger partial charge < -0.3 is 9.84 Å². The summed E-state index contributed by atoms with van der Waals surface area (Å²) in [7, 11) is -3.95. The van der Waals surface area contributed by atoms with Gasteiger partial charge in [0, 0.05) is 6.54 Å². The number of nitrogens with one attached hydrogen (secondary N) is 1. The summed E-state index contributed by atoms with van der Waals surface area (Å²) in [4.78, 5) is 11.1. The van der Waals surface area contributed by atoms with Crippen LogP contribution in [0.3, 0.4) is 0 Å². The van der Waals surface area contributed by atoms with Crippen LogP contribution in [0.4, 0.5) is 13.2 Å². The van der Waals surface area contributed by atoms with Crippen LogP contribution in [0.1, 0.15) is 11.1 Å². The normalized spacial score (nSPS) is 19.5. The molecule has 0 spiro atoms. The molecule has 28 heavy (non-hydrogen) atoms. The predicted octanol–water partition coefficient (Wildman–Crippen LogP) is 2.73. The van der Waals surface area contributed by atoms with E-state index >= 15 is 0 Å². The van der Waals surface area contributed by atoms with Gasteiger partial charge in [-0.3, -0.25) is 4.79 Å². The minimum Gasteiger partial charge on any atom is -0.481 e. The van der Waals surface area contributed by atoms with Crippen molar-refractivity contribution in [3.63, 3.8) is 0 Å². The maximum absolute atomic E-state index is 13.1. The molecule has 10 heteroatoms. The summed E-state index contributed by atoms with van der Waals surface area (Å²) in [6.45, 7) is 0.0324. The van der Waals surface area contributed by atoms with E-state index in [1.165, 1.54) is 0 Å². The lowest BCUT2D eigenvalue weighted by atomic mass is 9.90. The van der Waals surface area contributed by atoms with E-state index in [1.807, 2.05) is 0 Å². The van der Waals surface area contributed by atoms with Gasteiger partial charge in [0.15, 0.2) is 0 Å². The summed E-state index contributed by atoms with van der Waals surface area (Å²) in [5.41, 5.74) is 0.821. The van der Waals surface area contributed by atoms with Crippen molar-refractivity contribution in [2.24, 2.45) is 5.92 Å². The van der Waals surface area contributed by atoms with E-state index in [0.717, 1.165) is 23.8 Å². The molecule has 2 aromatic rings. The topological polar surface area (TPSA) is 92.7 Å². The van der Waals surface area contributed by atoms with Crippen molar-refractivity contribution in [3.05, 3.63) is 59.7 Å². The predicted molar refractivity (Wildman–Crippen MR) is 92.2 cm³/mol. The number of carboxylic acid groups (broad SMARTS) is 1. The first-order valence-corrected chi connectivity index (χ1v) is 9.69. The first-order chi connectivity index (χ1) is 13.1. The molecule has 1 aliphatic rings. The van der Waals surface area contributed by atoms with Crippen molar-refractivity contribution in [2.75, 3.05) is 0 Å². The molecule has 2 unspecified atom stereocenters. The van der Waals surface area contributed by atoms with Gasteiger partial charge in [-0.05, 0) is 35.7 Å². The van der Waals surface area contributed by atoms with E-state index in [2.05, 4.69) is 4.72 Å². The summed E-state index contributed by atoms with van der Waals surface area (Å²) < 4.78 is 71.5. The van der Waals surface area contributed by atoms with Crippen molar-refractivity contribution in [2.45, 2.75) is 30.1 Å². The van der Waals surface area contributed by atoms with Crippen molar-refractivity contribution < 1.29 is 36.2 Å². The standard InChI is InChI=1S/C18H16F3NO5S/c19-18(20,21)16-14(17(23)24)9-12-8-13(6-7-15(12)27-16)28(25,26)22-10-11-4-2-1-3-5-11/h1-8,14,16,22H,9-10H2,(H,23,24). The number of alkyl halides is 3. The number of hydrogen-bond acceptors (Lipinski definition) is 4. The fourth-order valence-corrected chi connectivity index (χ4v) is 4.00. The fourth-order valence-electron chi connectivity index (χ4n) is 2.93. The second kappa shape index (κ2) is 7.44. The van der Waals surface area contributed by atoms with Crippen LogP contribution >= 0.6 is 0 Å². The number of halogens is 3. The molecule has 1 heterocycles. The number of benzene rings is 2. The Kier molecular flexibility index (Phi) is 5.35. The number of sulfonamides is 1. The molecule has 0 aromatic heterocycles. The van der Waals surface area contributed by atoms with Crippen LogP contribution in [-0.2, 0) is 27.8 Å². The van der Waals surface area contributed by atoms with Gasteiger partial charge in [-0.15, -0.1) is 0 Å². The van der Waals surface area contributed by atoms with Crippen LogP contribution in [-0.4, -0.2) is 31.8 Å². The molecule has 0 aliphatic carbocycles. The van der Waals surface area contributed by atoms with E-state index in [1.54, 1.807) is 30.3 Å². The molecule has 0 fully saturated rings. The highest BCUT2D eigenvalue weighted by Crippen LogP contribution is 2.39. The average molecular weight is 415 g/mol. The first kappa shape index (κ1) is 20.2. The van der Waals surface area contributed by atoms with Crippen molar-refractivity contribution in [1.29, 1.82) is 0 Å². The van der Waals surface area contributed by atoms with Crippen LogP contribution in [0.25, 0.3) is 0 Å². The van der Waals surface area contributed by atoms with Crippen molar-refractivity contribution >= 4 is 16.0 Å². The molecular weight excluding hydrogens is 399 g/mol. The zero-order chi connectivity index (χ0) is 20.5. The van der Waals surface area contributed by atoms with Crippen molar-refractivity contribution in [3.8, 4) is 5.75 Å². The maximum atomic E-state index is 13.1. The Morgan fingerprint density at radius 1 is 1.18 bits per heavy atom. The highest BCUT2D eigenvalue weighted by atomic mass is 32.2. The Morgan fingerprint density at radius 2 is 1.86 bits per heavy atom. The lowest BCUT2D eigenvalue weighted by Crippen LogP contribution is -2.47. The number of fused-ring (bicyclic) bond motifs is 1. The molecule has 0 radical (unpaired) electrons. The highest BCUT2D eigenvalue weighted by Gasteiger charge is 2.52. The zero-order valence-corrected chi connectivity index (χ0v) is 15.1. The van der Waals surface area contributed by atoms with Gasteiger partial charge in [0.2, 0.25) is 16.1 Å². The maximum Gasteiger partial charge on any atom is 0.426 e. The molecular formula is C18H16F3NO5S. The largest absolute Gasteiger partial charge is 0.481 e. The average Bonchev–Trinajstić information content (AvgIpc) is 2.65. The monoisotopic (exact) mass is 415 g/mol. The van der Waals surface area contributed by atoms with E-state index in [4.69, 9.17) is 9.84 Å². The number of ether oxygens (including phenoxy) is 1. The number of carbonyl (C=O) groups is 1. The fraction of sp³-hybridized carbons (Fsp3) is 0.278. The lowest BCUT2D eigenvalue weighted by Gasteiger charge is -2.32. The Bertz CT molecular complexity index is 976. The van der Waals surface area contributed by atoms with Gasteiger partial charge in [0.1, 0.15) is 11.7 Å². The van der Waals surface area contributed by atoms with Crippen LogP contribution in [0, 0.1) is 5.92 Å². The SMILES string of the molecule is O=C(O)C1Cc2cc(S(=O)(=O)NCc3ccccc3)ccc2OC1C(F)(F)F. The molecule has 1 aliphatic heterocycles. The van der Waals surface area contributed by atoms with E-state index in [9.17, 15) is 26.4 Å². The van der Waals surface area contributed by atoms with E-state index in [-0.39, 0.29) is 22.8 Å². The molecule has 0 saturated carbocycles. The van der Waals surface area contributed by atoms with Crippen LogP contribution < -0.4 is 9.46 Å². The molecule has 3 rings (SSSR count). The summed E-state index contributed by atoms with van der Waals surface area (Å²) in [6, 6.07) is 12.1. The molecule has 2 N–H and O–H groups in total. The minimum absolute atomic E-state index is 0.0324. The molecule has 6 nitrogen and oxygen atoms in total. The quantitative estimate of drug-likeness (QED) is 0.784. The number of aliphatic carboxylic acids is 1. The third-order valence-corrected chi connectivity index (χ3v) is 5.75. The molecule has 0 bridgehead atoms. The lowest BCUT2D eigenvalue weighted by molar-refractivity contribution is -0.217. The van der Waals surface area contributed by atoms with Gasteiger partial charge >= 0.3 is 12.1 Å². The van der Waals surface area contributed by atoms with Gasteiger partial charge in [0.05, 0.1) is 4.90 Å². The molecule has 2 aromatic carbocycles. The molecule has 150 valence electrons. The Balaban J connectivity index is 1.85. The first-order valence-electron chi connectivity index (χ1n) is 8.20. The van der Waals surface area contributed by atoms with E-state index in [0.29, 0.717) is 0 Å². The summed E-state index contributed by atoms with van der Waals surface area (Å²) >= 11 is 0. The van der Waals surface area contributed by atoms with Crippen LogP contribution in [0.5, 0.6) is 5.75 Å². The van der Waals surface area contributed by atoms with Crippen LogP contribution in [0.2, 0.25) is 0 Å². The van der Waals surface area contributed by atoms with Crippen molar-refractivity contribution in [1.82, 2.24) is 4.72 Å². The van der Waals surface area contributed by atoms with E-state index < -0.39 is 40.6 Å². The molecule has 0 saturated heterocycles.